The van der Waals surface area contributed by atoms with E-state index in [1.165, 1.54) is 19.3 Å². The Morgan fingerprint density at radius 2 is 2.00 bits per heavy atom. The topological polar surface area (TPSA) is 53.6 Å². The summed E-state index contributed by atoms with van der Waals surface area (Å²) in [7, 11) is 1.69. The first-order valence-electron chi connectivity index (χ1n) is 8.55. The van der Waals surface area contributed by atoms with Gasteiger partial charge in [0.15, 0.2) is 0 Å². The molecule has 23 heavy (non-hydrogen) atoms. The Labute approximate surface area is 139 Å². The molecule has 1 aliphatic heterocycles. The molecule has 128 valence electrons. The number of carbonyl (C=O) groups is 1. The molecular weight excluding hydrogens is 290 g/mol. The quantitative estimate of drug-likeness (QED) is 0.773. The second kappa shape index (κ2) is 9.53. The highest BCUT2D eigenvalue weighted by Crippen LogP contribution is 2.16. The molecule has 0 aliphatic carbocycles. The van der Waals surface area contributed by atoms with E-state index in [2.05, 4.69) is 22.5 Å². The summed E-state index contributed by atoms with van der Waals surface area (Å²) in [5.74, 6) is 0.0812. The van der Waals surface area contributed by atoms with Crippen molar-refractivity contribution in [2.75, 3.05) is 44.0 Å². The van der Waals surface area contributed by atoms with Crippen molar-refractivity contribution in [1.29, 1.82) is 0 Å². The fourth-order valence-corrected chi connectivity index (χ4v) is 2.93. The molecule has 5 heteroatoms. The smallest absolute Gasteiger partial charge is 0.225 e. The molecular formula is C18H29N3O2. The van der Waals surface area contributed by atoms with Crippen molar-refractivity contribution in [3.8, 4) is 0 Å². The van der Waals surface area contributed by atoms with Crippen LogP contribution in [-0.2, 0) is 9.53 Å². The van der Waals surface area contributed by atoms with Crippen molar-refractivity contribution in [1.82, 2.24) is 4.90 Å². The van der Waals surface area contributed by atoms with Crippen molar-refractivity contribution in [2.45, 2.75) is 38.6 Å². The standard InChI is InChI=1S/C18H29N3O2/c1-15(14-23-2)19-16-7-6-8-17(13-16)20-18(22)9-12-21-10-4-3-5-11-21/h6-8,13,15,19H,3-5,9-12,14H2,1-2H3,(H,20,22)/t15-/m0/s1. The van der Waals surface area contributed by atoms with Crippen LogP contribution >= 0.6 is 0 Å². The van der Waals surface area contributed by atoms with Gasteiger partial charge < -0.3 is 20.3 Å². The molecule has 0 radical (unpaired) electrons. The fourth-order valence-electron chi connectivity index (χ4n) is 2.93. The number of carbonyl (C=O) groups excluding carboxylic acids is 1. The molecule has 1 aromatic carbocycles. The van der Waals surface area contributed by atoms with E-state index in [0.29, 0.717) is 13.0 Å². The van der Waals surface area contributed by atoms with Crippen LogP contribution in [0, 0.1) is 0 Å². The van der Waals surface area contributed by atoms with E-state index in [4.69, 9.17) is 4.74 Å². The maximum atomic E-state index is 12.1. The van der Waals surface area contributed by atoms with Gasteiger partial charge in [-0.05, 0) is 51.1 Å². The lowest BCUT2D eigenvalue weighted by atomic mass is 10.1. The third-order valence-corrected chi connectivity index (χ3v) is 4.08. The Morgan fingerprint density at radius 3 is 2.74 bits per heavy atom. The number of hydrogen-bond donors (Lipinski definition) is 2. The van der Waals surface area contributed by atoms with Gasteiger partial charge in [-0.3, -0.25) is 4.79 Å². The minimum absolute atomic E-state index is 0.0812. The first-order valence-corrected chi connectivity index (χ1v) is 8.55. The van der Waals surface area contributed by atoms with Crippen LogP contribution in [0.2, 0.25) is 0 Å². The van der Waals surface area contributed by atoms with E-state index in [1.54, 1.807) is 7.11 Å². The van der Waals surface area contributed by atoms with Gasteiger partial charge in [0.05, 0.1) is 6.61 Å². The second-order valence-electron chi connectivity index (χ2n) is 6.28. The summed E-state index contributed by atoms with van der Waals surface area (Å²) >= 11 is 0. The van der Waals surface area contributed by atoms with Crippen molar-refractivity contribution >= 4 is 17.3 Å². The maximum absolute atomic E-state index is 12.1. The van der Waals surface area contributed by atoms with Crippen LogP contribution in [0.1, 0.15) is 32.6 Å². The predicted octanol–water partition coefficient (Wildman–Crippen LogP) is 2.95. The molecule has 0 bridgehead atoms. The van der Waals surface area contributed by atoms with E-state index < -0.39 is 0 Å². The molecule has 1 amide bonds. The average Bonchev–Trinajstić information content (AvgIpc) is 2.54. The normalized spacial score (nSPS) is 16.8. The molecule has 1 aromatic rings. The summed E-state index contributed by atoms with van der Waals surface area (Å²) in [5, 5.41) is 6.35. The lowest BCUT2D eigenvalue weighted by Gasteiger charge is -2.25. The van der Waals surface area contributed by atoms with E-state index in [1.807, 2.05) is 24.3 Å². The molecule has 1 heterocycles. The number of likely N-dealkylation sites (tertiary alicyclic amines) is 1. The molecule has 0 saturated carbocycles. The summed E-state index contributed by atoms with van der Waals surface area (Å²) < 4.78 is 5.12. The van der Waals surface area contributed by atoms with Crippen LogP contribution < -0.4 is 10.6 Å². The zero-order valence-corrected chi connectivity index (χ0v) is 14.3. The minimum atomic E-state index is 0.0812. The number of ether oxygens (including phenoxy) is 1. The number of amides is 1. The molecule has 2 N–H and O–H groups in total. The molecule has 5 nitrogen and oxygen atoms in total. The number of piperidine rings is 1. The average molecular weight is 319 g/mol. The number of benzene rings is 1. The third-order valence-electron chi connectivity index (χ3n) is 4.08. The Bertz CT molecular complexity index is 487. The Morgan fingerprint density at radius 1 is 1.26 bits per heavy atom. The van der Waals surface area contributed by atoms with Crippen LogP contribution in [0.4, 0.5) is 11.4 Å². The van der Waals surface area contributed by atoms with Gasteiger partial charge in [-0.2, -0.15) is 0 Å². The number of anilines is 2. The third kappa shape index (κ3) is 6.59. The first-order chi connectivity index (χ1) is 11.2. The molecule has 0 aromatic heterocycles. The van der Waals surface area contributed by atoms with Gasteiger partial charge in [0.25, 0.3) is 0 Å². The zero-order chi connectivity index (χ0) is 16.5. The summed E-state index contributed by atoms with van der Waals surface area (Å²) in [5.41, 5.74) is 1.83. The molecule has 1 aliphatic rings. The van der Waals surface area contributed by atoms with Gasteiger partial charge in [0.1, 0.15) is 0 Å². The van der Waals surface area contributed by atoms with Crippen molar-refractivity contribution in [2.24, 2.45) is 0 Å². The van der Waals surface area contributed by atoms with E-state index in [9.17, 15) is 4.79 Å². The van der Waals surface area contributed by atoms with Crippen molar-refractivity contribution in [3.63, 3.8) is 0 Å². The minimum Gasteiger partial charge on any atom is -0.383 e. The van der Waals surface area contributed by atoms with Crippen LogP contribution in [-0.4, -0.2) is 50.2 Å². The lowest BCUT2D eigenvalue weighted by molar-refractivity contribution is -0.116. The fraction of sp³-hybridized carbons (Fsp3) is 0.611. The van der Waals surface area contributed by atoms with E-state index in [0.717, 1.165) is 31.0 Å². The van der Waals surface area contributed by atoms with Gasteiger partial charge in [0.2, 0.25) is 5.91 Å². The summed E-state index contributed by atoms with van der Waals surface area (Å²) in [6, 6.07) is 8.05. The van der Waals surface area contributed by atoms with Gasteiger partial charge in [-0.1, -0.05) is 12.5 Å². The molecule has 2 rings (SSSR count). The van der Waals surface area contributed by atoms with E-state index in [-0.39, 0.29) is 11.9 Å². The molecule has 0 unspecified atom stereocenters. The number of hydrogen-bond acceptors (Lipinski definition) is 4. The Balaban J connectivity index is 1.78. The maximum Gasteiger partial charge on any atom is 0.225 e. The highest BCUT2D eigenvalue weighted by Gasteiger charge is 2.12. The molecule has 0 spiro atoms. The van der Waals surface area contributed by atoms with Crippen LogP contribution in [0.5, 0.6) is 0 Å². The van der Waals surface area contributed by atoms with Gasteiger partial charge >= 0.3 is 0 Å². The van der Waals surface area contributed by atoms with Gasteiger partial charge in [-0.25, -0.2) is 0 Å². The highest BCUT2D eigenvalue weighted by atomic mass is 16.5. The van der Waals surface area contributed by atoms with Gasteiger partial charge in [0, 0.05) is 37.5 Å². The number of nitrogens with zero attached hydrogens (tertiary/aromatic N) is 1. The molecule has 1 saturated heterocycles. The van der Waals surface area contributed by atoms with Crippen molar-refractivity contribution in [3.05, 3.63) is 24.3 Å². The van der Waals surface area contributed by atoms with Crippen molar-refractivity contribution < 1.29 is 9.53 Å². The van der Waals surface area contributed by atoms with Crippen LogP contribution in [0.3, 0.4) is 0 Å². The van der Waals surface area contributed by atoms with Crippen LogP contribution in [0.15, 0.2) is 24.3 Å². The lowest BCUT2D eigenvalue weighted by Crippen LogP contribution is -2.32. The number of methoxy groups -OCH3 is 1. The van der Waals surface area contributed by atoms with Crippen LogP contribution in [0.25, 0.3) is 0 Å². The number of nitrogens with one attached hydrogen (secondary N) is 2. The second-order valence-corrected chi connectivity index (χ2v) is 6.28. The zero-order valence-electron chi connectivity index (χ0n) is 14.3. The SMILES string of the molecule is COC[C@H](C)Nc1cccc(NC(=O)CCN2CCCCC2)c1. The first kappa shape index (κ1) is 17.8. The van der Waals surface area contributed by atoms with Gasteiger partial charge in [-0.15, -0.1) is 0 Å². The Hall–Kier alpha value is -1.59. The predicted molar refractivity (Wildman–Crippen MR) is 94.9 cm³/mol. The molecule has 1 atom stereocenters. The monoisotopic (exact) mass is 319 g/mol. The Kier molecular flexibility index (Phi) is 7.36. The number of rotatable bonds is 8. The van der Waals surface area contributed by atoms with E-state index >= 15 is 0 Å². The highest BCUT2D eigenvalue weighted by molar-refractivity contribution is 5.91. The summed E-state index contributed by atoms with van der Waals surface area (Å²) in [4.78, 5) is 14.5. The summed E-state index contributed by atoms with van der Waals surface area (Å²) in [6.07, 6.45) is 4.39. The summed E-state index contributed by atoms with van der Waals surface area (Å²) in [6.45, 7) is 5.82. The molecule has 1 fully saturated rings. The largest absolute Gasteiger partial charge is 0.383 e.